The Kier molecular flexibility index (Phi) is 4.92. The molecule has 0 saturated heterocycles. The number of benzene rings is 1. The predicted molar refractivity (Wildman–Crippen MR) is 66.8 cm³/mol. The van der Waals surface area contributed by atoms with Gasteiger partial charge in [-0.25, -0.2) is 12.8 Å². The third-order valence-corrected chi connectivity index (χ3v) is 4.41. The van der Waals surface area contributed by atoms with Crippen LogP contribution in [0.25, 0.3) is 0 Å². The van der Waals surface area contributed by atoms with Gasteiger partial charge in [-0.05, 0) is 13.1 Å². The van der Waals surface area contributed by atoms with E-state index in [1.165, 1.54) is 7.05 Å². The molecule has 0 heterocycles. The molecule has 0 aliphatic heterocycles. The smallest absolute Gasteiger partial charge is 0.292 e. The van der Waals surface area contributed by atoms with Gasteiger partial charge in [-0.1, -0.05) is 6.07 Å². The van der Waals surface area contributed by atoms with Crippen LogP contribution in [0.4, 0.5) is 10.1 Å². The van der Waals surface area contributed by atoms with Crippen molar-refractivity contribution >= 4 is 15.7 Å². The molecule has 1 rings (SSSR count). The molecule has 9 heteroatoms. The van der Waals surface area contributed by atoms with Crippen LogP contribution in [0.5, 0.6) is 0 Å². The van der Waals surface area contributed by atoms with Gasteiger partial charge < -0.3 is 5.32 Å². The summed E-state index contributed by atoms with van der Waals surface area (Å²) in [6, 6.07) is 2.94. The minimum absolute atomic E-state index is 0.0737. The van der Waals surface area contributed by atoms with E-state index >= 15 is 0 Å². The van der Waals surface area contributed by atoms with Crippen LogP contribution in [-0.2, 0) is 10.0 Å². The number of nitrogens with one attached hydrogen (secondary N) is 1. The summed E-state index contributed by atoms with van der Waals surface area (Å²) in [5, 5.41) is 13.5. The van der Waals surface area contributed by atoms with Gasteiger partial charge in [-0.3, -0.25) is 10.1 Å². The predicted octanol–water partition coefficient (Wildman–Crippen LogP) is 0.574. The largest absolute Gasteiger partial charge is 0.318 e. The Hall–Kier alpha value is -1.58. The van der Waals surface area contributed by atoms with Crippen molar-refractivity contribution in [2.45, 2.75) is 4.90 Å². The molecule has 0 aliphatic carbocycles. The molecule has 0 aromatic heterocycles. The molecule has 106 valence electrons. The van der Waals surface area contributed by atoms with Gasteiger partial charge in [0.15, 0.2) is 4.90 Å². The van der Waals surface area contributed by atoms with E-state index in [1.54, 1.807) is 7.05 Å². The minimum atomic E-state index is -4.24. The first-order chi connectivity index (χ1) is 8.82. The summed E-state index contributed by atoms with van der Waals surface area (Å²) in [6.07, 6.45) is 0. The van der Waals surface area contributed by atoms with E-state index in [0.717, 1.165) is 22.5 Å². The maximum atomic E-state index is 13.7. The van der Waals surface area contributed by atoms with Crippen molar-refractivity contribution in [1.29, 1.82) is 0 Å². The molecule has 19 heavy (non-hydrogen) atoms. The second-order valence-electron chi connectivity index (χ2n) is 3.78. The average molecular weight is 291 g/mol. The van der Waals surface area contributed by atoms with Gasteiger partial charge in [0, 0.05) is 26.2 Å². The molecular formula is C10H14FN3O4S. The van der Waals surface area contributed by atoms with E-state index in [4.69, 9.17) is 0 Å². The molecule has 0 fully saturated rings. The average Bonchev–Trinajstić information content (AvgIpc) is 2.34. The molecule has 0 saturated carbocycles. The molecule has 1 aromatic rings. The van der Waals surface area contributed by atoms with Crippen molar-refractivity contribution in [2.24, 2.45) is 0 Å². The van der Waals surface area contributed by atoms with E-state index in [1.807, 2.05) is 0 Å². The van der Waals surface area contributed by atoms with Gasteiger partial charge >= 0.3 is 0 Å². The Bertz CT molecular complexity index is 576. The van der Waals surface area contributed by atoms with Crippen LogP contribution in [0.3, 0.4) is 0 Å². The zero-order valence-electron chi connectivity index (χ0n) is 10.5. The molecular weight excluding hydrogens is 277 g/mol. The Morgan fingerprint density at radius 1 is 1.47 bits per heavy atom. The van der Waals surface area contributed by atoms with E-state index < -0.39 is 31.3 Å². The monoisotopic (exact) mass is 291 g/mol. The fourth-order valence-corrected chi connectivity index (χ4v) is 2.81. The number of halogens is 1. The van der Waals surface area contributed by atoms with Crippen LogP contribution in [0.15, 0.2) is 23.1 Å². The van der Waals surface area contributed by atoms with E-state index in [9.17, 15) is 22.9 Å². The lowest BCUT2D eigenvalue weighted by atomic mass is 10.3. The number of sulfonamides is 1. The molecule has 0 aliphatic rings. The Morgan fingerprint density at radius 2 is 2.11 bits per heavy atom. The zero-order valence-corrected chi connectivity index (χ0v) is 11.3. The Morgan fingerprint density at radius 3 is 2.63 bits per heavy atom. The van der Waals surface area contributed by atoms with Gasteiger partial charge in [-0.2, -0.15) is 4.31 Å². The van der Waals surface area contributed by atoms with Crippen molar-refractivity contribution < 1.29 is 17.7 Å². The molecule has 0 bridgehead atoms. The second kappa shape index (κ2) is 6.04. The Balaban J connectivity index is 3.32. The van der Waals surface area contributed by atoms with Gasteiger partial charge in [0.25, 0.3) is 15.7 Å². The van der Waals surface area contributed by atoms with Crippen LogP contribution < -0.4 is 5.32 Å². The maximum absolute atomic E-state index is 13.7. The molecule has 0 radical (unpaired) electrons. The topological polar surface area (TPSA) is 92.6 Å². The second-order valence-corrected chi connectivity index (χ2v) is 5.76. The number of rotatable bonds is 6. The lowest BCUT2D eigenvalue weighted by Gasteiger charge is -2.17. The summed E-state index contributed by atoms with van der Waals surface area (Å²) in [4.78, 5) is 8.98. The molecule has 7 nitrogen and oxygen atoms in total. The zero-order chi connectivity index (χ0) is 14.6. The van der Waals surface area contributed by atoms with Crippen LogP contribution >= 0.6 is 0 Å². The number of hydrogen-bond acceptors (Lipinski definition) is 5. The highest BCUT2D eigenvalue weighted by molar-refractivity contribution is 7.89. The standard InChI is InChI=1S/C10H14FN3O4S/c1-12-6-7-13(2)19(17,18)10-8(11)4-3-5-9(10)14(15)16/h3-5,12H,6-7H2,1-2H3. The number of likely N-dealkylation sites (N-methyl/N-ethyl adjacent to an activating group) is 2. The highest BCUT2D eigenvalue weighted by Gasteiger charge is 2.32. The minimum Gasteiger partial charge on any atom is -0.318 e. The van der Waals surface area contributed by atoms with Crippen LogP contribution in [-0.4, -0.2) is 44.8 Å². The number of nitro benzene ring substituents is 1. The first-order valence-electron chi connectivity index (χ1n) is 5.36. The third kappa shape index (κ3) is 3.25. The quantitative estimate of drug-likeness (QED) is 0.611. The third-order valence-electron chi connectivity index (χ3n) is 2.49. The normalized spacial score (nSPS) is 11.8. The molecule has 0 atom stereocenters. The molecule has 0 spiro atoms. The maximum Gasteiger partial charge on any atom is 0.292 e. The van der Waals surface area contributed by atoms with Crippen LogP contribution in [0.2, 0.25) is 0 Å². The SMILES string of the molecule is CNCCN(C)S(=O)(=O)c1c(F)cccc1[N+](=O)[O-]. The molecule has 0 unspecified atom stereocenters. The van der Waals surface area contributed by atoms with Gasteiger partial charge in [-0.15, -0.1) is 0 Å². The summed E-state index contributed by atoms with van der Waals surface area (Å²) < 4.78 is 38.8. The van der Waals surface area contributed by atoms with Gasteiger partial charge in [0.05, 0.1) is 4.92 Å². The first kappa shape index (κ1) is 15.5. The van der Waals surface area contributed by atoms with E-state index in [-0.39, 0.29) is 6.54 Å². The molecule has 0 amide bonds. The van der Waals surface area contributed by atoms with Gasteiger partial charge in [0.1, 0.15) is 5.82 Å². The lowest BCUT2D eigenvalue weighted by Crippen LogP contribution is -2.33. The van der Waals surface area contributed by atoms with E-state index in [0.29, 0.717) is 6.54 Å². The fourth-order valence-electron chi connectivity index (χ4n) is 1.44. The summed E-state index contributed by atoms with van der Waals surface area (Å²) in [7, 11) is -1.37. The van der Waals surface area contributed by atoms with Crippen molar-refractivity contribution in [3.63, 3.8) is 0 Å². The number of nitro groups is 1. The highest BCUT2D eigenvalue weighted by Crippen LogP contribution is 2.28. The fraction of sp³-hybridized carbons (Fsp3) is 0.400. The number of nitrogens with zero attached hydrogens (tertiary/aromatic N) is 2. The van der Waals surface area contributed by atoms with Crippen molar-refractivity contribution in [1.82, 2.24) is 9.62 Å². The summed E-state index contributed by atoms with van der Waals surface area (Å²) in [5.74, 6) is -1.13. The highest BCUT2D eigenvalue weighted by atomic mass is 32.2. The summed E-state index contributed by atoms with van der Waals surface area (Å²) in [6.45, 7) is 0.419. The van der Waals surface area contributed by atoms with E-state index in [2.05, 4.69) is 5.32 Å². The lowest BCUT2D eigenvalue weighted by molar-refractivity contribution is -0.388. The van der Waals surface area contributed by atoms with Gasteiger partial charge in [0.2, 0.25) is 0 Å². The molecule has 1 aromatic carbocycles. The van der Waals surface area contributed by atoms with Crippen LogP contribution in [0, 0.1) is 15.9 Å². The summed E-state index contributed by atoms with van der Waals surface area (Å²) >= 11 is 0. The Labute approximate surface area is 110 Å². The van der Waals surface area contributed by atoms with Crippen molar-refractivity contribution in [3.8, 4) is 0 Å². The van der Waals surface area contributed by atoms with Crippen molar-refractivity contribution in [2.75, 3.05) is 27.2 Å². The number of hydrogen-bond donors (Lipinski definition) is 1. The molecule has 1 N–H and O–H groups in total. The van der Waals surface area contributed by atoms with Crippen LogP contribution in [0.1, 0.15) is 0 Å². The summed E-state index contributed by atoms with van der Waals surface area (Å²) in [5.41, 5.74) is -0.767. The first-order valence-corrected chi connectivity index (χ1v) is 6.80. The van der Waals surface area contributed by atoms with Crippen molar-refractivity contribution in [3.05, 3.63) is 34.1 Å².